The van der Waals surface area contributed by atoms with Crippen molar-refractivity contribution in [3.8, 4) is 0 Å². The number of esters is 1. The maximum atomic E-state index is 14.6. The number of carbonyl (C=O) groups excluding carboxylic acids is 2. The van der Waals surface area contributed by atoms with Crippen LogP contribution in [0.5, 0.6) is 0 Å². The molecule has 0 unspecified atom stereocenters. The van der Waals surface area contributed by atoms with Gasteiger partial charge in [-0.25, -0.2) is 14.0 Å². The number of amides is 2. The van der Waals surface area contributed by atoms with Crippen molar-refractivity contribution in [1.29, 1.82) is 0 Å². The largest absolute Gasteiger partial charge is 0.463 e. The molecular weight excluding hydrogens is 373 g/mol. The van der Waals surface area contributed by atoms with Crippen LogP contribution in [0.3, 0.4) is 0 Å². The number of hydrogen-bond acceptors (Lipinski definition) is 4. The third kappa shape index (κ3) is 4.61. The molecule has 0 bridgehead atoms. The van der Waals surface area contributed by atoms with Gasteiger partial charge in [0.05, 0.1) is 18.2 Å². The predicted octanol–water partition coefficient (Wildman–Crippen LogP) is 3.46. The van der Waals surface area contributed by atoms with Crippen LogP contribution in [0.4, 0.5) is 9.18 Å². The van der Waals surface area contributed by atoms with E-state index in [-0.39, 0.29) is 18.2 Å². The molecule has 1 atom stereocenters. The molecule has 0 aromatic heterocycles. The van der Waals surface area contributed by atoms with Crippen molar-refractivity contribution in [3.05, 3.63) is 46.9 Å². The Morgan fingerprint density at radius 3 is 2.55 bits per heavy atom. The summed E-state index contributed by atoms with van der Waals surface area (Å²) in [7, 11) is 0. The number of likely N-dealkylation sites (tertiary alicyclic amines) is 1. The van der Waals surface area contributed by atoms with E-state index in [0.717, 1.165) is 25.9 Å². The highest BCUT2D eigenvalue weighted by atomic mass is 19.1. The van der Waals surface area contributed by atoms with Crippen LogP contribution in [-0.4, -0.2) is 54.6 Å². The Morgan fingerprint density at radius 2 is 1.93 bits per heavy atom. The summed E-state index contributed by atoms with van der Waals surface area (Å²) in [6.07, 6.45) is 2.16. The van der Waals surface area contributed by atoms with Crippen LogP contribution in [0, 0.1) is 11.7 Å². The Bertz CT molecular complexity index is 787. The fraction of sp³-hybridized carbons (Fsp3) is 0.545. The van der Waals surface area contributed by atoms with Gasteiger partial charge in [-0.05, 0) is 51.8 Å². The molecule has 0 spiro atoms. The first-order valence-corrected chi connectivity index (χ1v) is 10.4. The maximum absolute atomic E-state index is 14.6. The molecule has 2 heterocycles. The first-order chi connectivity index (χ1) is 14.0. The third-order valence-corrected chi connectivity index (χ3v) is 5.72. The molecule has 2 aliphatic heterocycles. The molecule has 7 heteroatoms. The number of carbonyl (C=O) groups is 2. The second-order valence-corrected chi connectivity index (χ2v) is 7.69. The van der Waals surface area contributed by atoms with E-state index in [4.69, 9.17) is 4.74 Å². The zero-order valence-corrected chi connectivity index (χ0v) is 17.4. The van der Waals surface area contributed by atoms with Crippen LogP contribution in [0.2, 0.25) is 0 Å². The van der Waals surface area contributed by atoms with Crippen molar-refractivity contribution < 1.29 is 18.7 Å². The van der Waals surface area contributed by atoms with E-state index in [1.54, 1.807) is 30.0 Å². The number of halogens is 1. The van der Waals surface area contributed by atoms with Crippen LogP contribution in [0.15, 0.2) is 35.5 Å². The average Bonchev–Trinajstić information content (AvgIpc) is 2.70. The van der Waals surface area contributed by atoms with Crippen molar-refractivity contribution in [2.24, 2.45) is 5.92 Å². The molecule has 1 N–H and O–H groups in total. The van der Waals surface area contributed by atoms with Crippen molar-refractivity contribution in [1.82, 2.24) is 15.1 Å². The third-order valence-electron chi connectivity index (χ3n) is 5.72. The summed E-state index contributed by atoms with van der Waals surface area (Å²) < 4.78 is 19.9. The summed E-state index contributed by atoms with van der Waals surface area (Å²) in [6, 6.07) is 5.03. The van der Waals surface area contributed by atoms with Gasteiger partial charge in [-0.1, -0.05) is 25.1 Å². The standard InChI is InChI=1S/C22H30FN3O3/c1-4-26-18(14-25-12-10-15(3)11-13-25)19(21(27)29-5-2)20(24-22(26)28)16-8-6-7-9-17(16)23/h6-9,15,20H,4-5,10-14H2,1-3H3,(H,24,28)/t20-/m1/s1. The molecule has 158 valence electrons. The highest BCUT2D eigenvalue weighted by molar-refractivity contribution is 5.95. The number of ether oxygens (including phenoxy) is 1. The number of urea groups is 1. The van der Waals surface area contributed by atoms with Crippen LogP contribution in [0.25, 0.3) is 0 Å². The monoisotopic (exact) mass is 403 g/mol. The molecule has 6 nitrogen and oxygen atoms in total. The Kier molecular flexibility index (Phi) is 6.90. The Hall–Kier alpha value is -2.41. The number of hydrogen-bond donors (Lipinski definition) is 1. The Morgan fingerprint density at radius 1 is 1.24 bits per heavy atom. The van der Waals surface area contributed by atoms with E-state index >= 15 is 0 Å². The molecule has 3 rings (SSSR count). The zero-order valence-electron chi connectivity index (χ0n) is 17.4. The van der Waals surface area contributed by atoms with Gasteiger partial charge in [-0.15, -0.1) is 0 Å². The summed E-state index contributed by atoms with van der Waals surface area (Å²) in [5.41, 5.74) is 1.19. The van der Waals surface area contributed by atoms with Gasteiger partial charge in [-0.2, -0.15) is 0 Å². The lowest BCUT2D eigenvalue weighted by Crippen LogP contribution is -2.51. The number of nitrogens with zero attached hydrogens (tertiary/aromatic N) is 2. The fourth-order valence-electron chi connectivity index (χ4n) is 4.03. The van der Waals surface area contributed by atoms with Crippen LogP contribution >= 0.6 is 0 Å². The lowest BCUT2D eigenvalue weighted by Gasteiger charge is -2.39. The topological polar surface area (TPSA) is 61.9 Å². The second-order valence-electron chi connectivity index (χ2n) is 7.69. The van der Waals surface area contributed by atoms with E-state index in [1.165, 1.54) is 6.07 Å². The summed E-state index contributed by atoms with van der Waals surface area (Å²) in [5, 5.41) is 2.81. The lowest BCUT2D eigenvalue weighted by molar-refractivity contribution is -0.139. The molecule has 0 saturated carbocycles. The molecule has 0 aliphatic carbocycles. The Labute approximate surface area is 171 Å². The van der Waals surface area contributed by atoms with Crippen LogP contribution in [-0.2, 0) is 9.53 Å². The van der Waals surface area contributed by atoms with Gasteiger partial charge in [0.1, 0.15) is 5.82 Å². The van der Waals surface area contributed by atoms with Gasteiger partial charge in [0.15, 0.2) is 0 Å². The first kappa shape index (κ1) is 21.3. The minimum Gasteiger partial charge on any atom is -0.463 e. The minimum absolute atomic E-state index is 0.209. The Balaban J connectivity index is 2.07. The summed E-state index contributed by atoms with van der Waals surface area (Å²) >= 11 is 0. The molecule has 1 saturated heterocycles. The van der Waals surface area contributed by atoms with Gasteiger partial charge in [0.25, 0.3) is 0 Å². The molecule has 2 aliphatic rings. The van der Waals surface area contributed by atoms with Gasteiger partial charge in [-0.3, -0.25) is 9.80 Å². The fourth-order valence-corrected chi connectivity index (χ4v) is 4.03. The van der Waals surface area contributed by atoms with Gasteiger partial charge >= 0.3 is 12.0 Å². The number of nitrogens with one attached hydrogen (secondary N) is 1. The summed E-state index contributed by atoms with van der Waals surface area (Å²) in [4.78, 5) is 29.6. The van der Waals surface area contributed by atoms with E-state index in [9.17, 15) is 14.0 Å². The van der Waals surface area contributed by atoms with Gasteiger partial charge in [0.2, 0.25) is 0 Å². The molecule has 1 aromatic carbocycles. The van der Waals surface area contributed by atoms with E-state index in [0.29, 0.717) is 30.3 Å². The van der Waals surface area contributed by atoms with Crippen molar-refractivity contribution >= 4 is 12.0 Å². The number of benzene rings is 1. The molecule has 1 fully saturated rings. The second kappa shape index (κ2) is 9.39. The smallest absolute Gasteiger partial charge is 0.338 e. The lowest BCUT2D eigenvalue weighted by atomic mass is 9.93. The number of likely N-dealkylation sites (N-methyl/N-ethyl adjacent to an activating group) is 1. The first-order valence-electron chi connectivity index (χ1n) is 10.4. The molecule has 1 aromatic rings. The minimum atomic E-state index is -0.871. The molecule has 0 radical (unpaired) electrons. The van der Waals surface area contributed by atoms with Gasteiger partial charge in [0, 0.05) is 24.4 Å². The van der Waals surface area contributed by atoms with Crippen LogP contribution < -0.4 is 5.32 Å². The van der Waals surface area contributed by atoms with E-state index in [2.05, 4.69) is 17.1 Å². The van der Waals surface area contributed by atoms with Crippen LogP contribution in [0.1, 0.15) is 45.2 Å². The van der Waals surface area contributed by atoms with Gasteiger partial charge < -0.3 is 10.1 Å². The summed E-state index contributed by atoms with van der Waals surface area (Å²) in [5.74, 6) is -0.303. The molecular formula is C22H30FN3O3. The summed E-state index contributed by atoms with van der Waals surface area (Å²) in [6.45, 7) is 8.74. The van der Waals surface area contributed by atoms with E-state index in [1.807, 2.05) is 6.92 Å². The normalized spacial score (nSPS) is 21.3. The number of piperidine rings is 1. The maximum Gasteiger partial charge on any atom is 0.338 e. The number of rotatable bonds is 6. The highest BCUT2D eigenvalue weighted by Crippen LogP contribution is 2.33. The SMILES string of the molecule is CCOC(=O)C1=C(CN2CCC(C)CC2)N(CC)C(=O)N[C@@H]1c1ccccc1F. The predicted molar refractivity (Wildman–Crippen MR) is 109 cm³/mol. The zero-order chi connectivity index (χ0) is 21.0. The highest BCUT2D eigenvalue weighted by Gasteiger charge is 2.39. The molecule has 2 amide bonds. The molecule has 29 heavy (non-hydrogen) atoms. The quantitative estimate of drug-likeness (QED) is 0.739. The van der Waals surface area contributed by atoms with Crippen molar-refractivity contribution in [2.75, 3.05) is 32.8 Å². The average molecular weight is 403 g/mol. The van der Waals surface area contributed by atoms with Crippen molar-refractivity contribution in [3.63, 3.8) is 0 Å². The van der Waals surface area contributed by atoms with E-state index < -0.39 is 17.8 Å². The van der Waals surface area contributed by atoms with Crippen molar-refractivity contribution in [2.45, 2.75) is 39.7 Å².